The van der Waals surface area contributed by atoms with Gasteiger partial charge in [0.15, 0.2) is 11.8 Å². The molecule has 50 heavy (non-hydrogen) atoms. The smallest absolute Gasteiger partial charge is 0.338 e. The number of hydrogen-bond donors (Lipinski definition) is 1. The summed E-state index contributed by atoms with van der Waals surface area (Å²) in [6.45, 7) is 2.28. The lowest BCUT2D eigenvalue weighted by Crippen LogP contribution is -2.52. The van der Waals surface area contributed by atoms with E-state index in [-0.39, 0.29) is 41.5 Å². The molecule has 1 N–H and O–H groups in total. The summed E-state index contributed by atoms with van der Waals surface area (Å²) in [5, 5.41) is 2.67. The molecule has 0 aliphatic carbocycles. The van der Waals surface area contributed by atoms with Gasteiger partial charge in [0, 0.05) is 12.1 Å². The van der Waals surface area contributed by atoms with Crippen molar-refractivity contribution in [1.29, 1.82) is 0 Å². The number of carbonyl (C=O) groups excluding carboxylic acids is 5. The Hall–Kier alpha value is -4.70. The van der Waals surface area contributed by atoms with E-state index in [2.05, 4.69) is 12.2 Å². The predicted molar refractivity (Wildman–Crippen MR) is 192 cm³/mol. The van der Waals surface area contributed by atoms with Crippen molar-refractivity contribution in [3.05, 3.63) is 94.5 Å². The number of amides is 4. The monoisotopic (exact) mass is 703 g/mol. The van der Waals surface area contributed by atoms with Gasteiger partial charge < -0.3 is 19.7 Å². The normalized spacial score (nSPS) is 13.3. The second kappa shape index (κ2) is 19.5. The fourth-order valence-corrected chi connectivity index (χ4v) is 5.97. The molecule has 4 rings (SSSR count). The Morgan fingerprint density at radius 3 is 2.08 bits per heavy atom. The standard InChI is InChI=1S/C39H46ClN3O7/c1-3-4-5-6-7-8-9-10-11-15-24-50-38(47)30-20-23-32(40)33(25-30)41-37(46)35(36(45)29-18-21-31(49-2)22-19-29)43-34(44)27-42(39(43)48)26-28-16-13-12-14-17-28/h12-14,16-23,25,35H,3-11,15,24,26-27H2,1-2H3,(H,41,46). The van der Waals surface area contributed by atoms with Gasteiger partial charge in [-0.2, -0.15) is 0 Å². The van der Waals surface area contributed by atoms with E-state index in [0.29, 0.717) is 10.6 Å². The Bertz CT molecular complexity index is 1610. The fraction of sp³-hybridized carbons (Fsp3) is 0.410. The van der Waals surface area contributed by atoms with Crippen LogP contribution in [0.4, 0.5) is 10.5 Å². The molecular formula is C39H46ClN3O7. The number of rotatable bonds is 20. The molecule has 1 atom stereocenters. The number of carbonyl (C=O) groups is 5. The minimum atomic E-state index is -1.85. The summed E-state index contributed by atoms with van der Waals surface area (Å²) in [7, 11) is 1.47. The van der Waals surface area contributed by atoms with Gasteiger partial charge in [-0.15, -0.1) is 0 Å². The summed E-state index contributed by atoms with van der Waals surface area (Å²) in [4.78, 5) is 69.5. The molecule has 266 valence electrons. The molecule has 0 saturated carbocycles. The van der Waals surface area contributed by atoms with Crippen molar-refractivity contribution in [2.75, 3.05) is 25.6 Å². The van der Waals surface area contributed by atoms with Crippen LogP contribution in [0.3, 0.4) is 0 Å². The molecule has 1 saturated heterocycles. The number of ketones is 1. The number of urea groups is 1. The number of esters is 1. The highest BCUT2D eigenvalue weighted by Crippen LogP contribution is 2.27. The first-order valence-corrected chi connectivity index (χ1v) is 17.7. The van der Waals surface area contributed by atoms with Crippen LogP contribution in [-0.4, -0.2) is 65.7 Å². The van der Waals surface area contributed by atoms with Crippen molar-refractivity contribution in [3.63, 3.8) is 0 Å². The summed E-state index contributed by atoms with van der Waals surface area (Å²) in [6.07, 6.45) is 11.6. The number of nitrogens with one attached hydrogen (secondary N) is 1. The maximum absolute atomic E-state index is 13.9. The van der Waals surface area contributed by atoms with Gasteiger partial charge in [0.25, 0.3) is 11.8 Å². The van der Waals surface area contributed by atoms with Crippen LogP contribution in [-0.2, 0) is 20.9 Å². The number of anilines is 1. The Balaban J connectivity index is 1.43. The van der Waals surface area contributed by atoms with E-state index >= 15 is 0 Å². The van der Waals surface area contributed by atoms with Gasteiger partial charge in [0.05, 0.1) is 30.0 Å². The zero-order chi connectivity index (χ0) is 35.9. The molecular weight excluding hydrogens is 658 g/mol. The van der Waals surface area contributed by atoms with E-state index in [1.54, 1.807) is 12.1 Å². The van der Waals surface area contributed by atoms with Crippen LogP contribution >= 0.6 is 11.6 Å². The minimum Gasteiger partial charge on any atom is -0.497 e. The second-order valence-electron chi connectivity index (χ2n) is 12.4. The zero-order valence-corrected chi connectivity index (χ0v) is 29.6. The molecule has 1 heterocycles. The number of unbranched alkanes of at least 4 members (excludes halogenated alkanes) is 9. The van der Waals surface area contributed by atoms with E-state index in [1.165, 1.54) is 87.3 Å². The molecule has 3 aromatic carbocycles. The lowest BCUT2D eigenvalue weighted by atomic mass is 10.0. The van der Waals surface area contributed by atoms with Gasteiger partial charge in [0.1, 0.15) is 12.3 Å². The molecule has 1 fully saturated rings. The average molecular weight is 704 g/mol. The second-order valence-corrected chi connectivity index (χ2v) is 12.8. The van der Waals surface area contributed by atoms with Gasteiger partial charge in [-0.3, -0.25) is 14.4 Å². The number of methoxy groups -OCH3 is 1. The SMILES string of the molecule is CCCCCCCCCCCCOC(=O)c1ccc(Cl)c(NC(=O)C(C(=O)c2ccc(OC)cc2)N2C(=O)CN(Cc3ccccc3)C2=O)c1. The lowest BCUT2D eigenvalue weighted by Gasteiger charge is -2.25. The highest BCUT2D eigenvalue weighted by Gasteiger charge is 2.47. The third-order valence-electron chi connectivity index (χ3n) is 8.61. The Morgan fingerprint density at radius 1 is 0.820 bits per heavy atom. The van der Waals surface area contributed by atoms with Crippen LogP contribution in [0.15, 0.2) is 72.8 Å². The number of imide groups is 1. The third-order valence-corrected chi connectivity index (χ3v) is 8.94. The van der Waals surface area contributed by atoms with Crippen LogP contribution in [0.25, 0.3) is 0 Å². The van der Waals surface area contributed by atoms with Crippen molar-refractivity contribution in [2.45, 2.75) is 83.7 Å². The molecule has 1 unspecified atom stereocenters. The van der Waals surface area contributed by atoms with E-state index in [1.807, 2.05) is 30.3 Å². The lowest BCUT2D eigenvalue weighted by molar-refractivity contribution is -0.131. The minimum absolute atomic E-state index is 0.0258. The van der Waals surface area contributed by atoms with Crippen molar-refractivity contribution < 1.29 is 33.4 Å². The van der Waals surface area contributed by atoms with Crippen LogP contribution in [0.5, 0.6) is 5.75 Å². The highest BCUT2D eigenvalue weighted by atomic mass is 35.5. The van der Waals surface area contributed by atoms with Crippen molar-refractivity contribution in [2.24, 2.45) is 0 Å². The first-order chi connectivity index (χ1) is 24.2. The molecule has 1 aliphatic rings. The number of hydrogen-bond acceptors (Lipinski definition) is 7. The average Bonchev–Trinajstić information content (AvgIpc) is 3.39. The third kappa shape index (κ3) is 10.6. The van der Waals surface area contributed by atoms with Gasteiger partial charge in [0.2, 0.25) is 0 Å². The Kier molecular flexibility index (Phi) is 14.8. The first kappa shape index (κ1) is 38.1. The molecule has 0 spiro atoms. The van der Waals surface area contributed by atoms with E-state index in [9.17, 15) is 24.0 Å². The summed E-state index contributed by atoms with van der Waals surface area (Å²) in [5.41, 5.74) is 1.04. The van der Waals surface area contributed by atoms with E-state index in [0.717, 1.165) is 24.8 Å². The van der Waals surface area contributed by atoms with Gasteiger partial charge in [-0.05, 0) is 54.4 Å². The highest BCUT2D eigenvalue weighted by molar-refractivity contribution is 6.34. The number of Topliss-reactive ketones (excluding diaryl/α,β-unsaturated/α-hetero) is 1. The van der Waals surface area contributed by atoms with Crippen LogP contribution in [0.2, 0.25) is 5.02 Å². The van der Waals surface area contributed by atoms with E-state index in [4.69, 9.17) is 21.1 Å². The topological polar surface area (TPSA) is 122 Å². The van der Waals surface area contributed by atoms with Gasteiger partial charge in [-0.25, -0.2) is 14.5 Å². The number of ether oxygens (including phenoxy) is 2. The Labute approximate surface area is 299 Å². The molecule has 10 nitrogen and oxygen atoms in total. The van der Waals surface area contributed by atoms with Crippen molar-refractivity contribution in [3.8, 4) is 5.75 Å². The number of halogens is 1. The van der Waals surface area contributed by atoms with Crippen LogP contribution < -0.4 is 10.1 Å². The van der Waals surface area contributed by atoms with E-state index < -0.39 is 35.6 Å². The van der Waals surface area contributed by atoms with Crippen molar-refractivity contribution in [1.82, 2.24) is 9.80 Å². The van der Waals surface area contributed by atoms with Gasteiger partial charge >= 0.3 is 12.0 Å². The summed E-state index contributed by atoms with van der Waals surface area (Å²) in [5.74, 6) is -2.55. The molecule has 4 amide bonds. The van der Waals surface area contributed by atoms with Crippen molar-refractivity contribution >= 4 is 46.9 Å². The summed E-state index contributed by atoms with van der Waals surface area (Å²) < 4.78 is 10.7. The first-order valence-electron chi connectivity index (χ1n) is 17.3. The molecule has 11 heteroatoms. The molecule has 0 radical (unpaired) electrons. The maximum Gasteiger partial charge on any atom is 0.338 e. The Morgan fingerprint density at radius 2 is 1.44 bits per heavy atom. The fourth-order valence-electron chi connectivity index (χ4n) is 5.80. The quantitative estimate of drug-likeness (QED) is 0.0415. The van der Waals surface area contributed by atoms with Gasteiger partial charge in [-0.1, -0.05) is 107 Å². The zero-order valence-electron chi connectivity index (χ0n) is 28.8. The maximum atomic E-state index is 13.9. The molecule has 0 bridgehead atoms. The summed E-state index contributed by atoms with van der Waals surface area (Å²) >= 11 is 6.41. The number of nitrogens with zero attached hydrogens (tertiary/aromatic N) is 2. The van der Waals surface area contributed by atoms with Crippen LogP contribution in [0.1, 0.15) is 97.4 Å². The molecule has 1 aliphatic heterocycles. The largest absolute Gasteiger partial charge is 0.497 e. The predicted octanol–water partition coefficient (Wildman–Crippen LogP) is 8.08. The number of benzene rings is 3. The summed E-state index contributed by atoms with van der Waals surface area (Å²) in [6, 6.07) is 16.7. The van der Waals surface area contributed by atoms with Crippen LogP contribution in [0, 0.1) is 0 Å². The molecule has 0 aromatic heterocycles. The molecule has 3 aromatic rings.